The third kappa shape index (κ3) is 9.97. The highest BCUT2D eigenvalue weighted by Gasteiger charge is 2.30. The van der Waals surface area contributed by atoms with Gasteiger partial charge >= 0.3 is 0 Å². The fourth-order valence-corrected chi connectivity index (χ4v) is 9.27. The molecule has 0 unspecified atom stereocenters. The van der Waals surface area contributed by atoms with Crippen LogP contribution in [0.1, 0.15) is 67.4 Å². The van der Waals surface area contributed by atoms with Crippen molar-refractivity contribution in [2.45, 2.75) is 57.8 Å². The van der Waals surface area contributed by atoms with Crippen molar-refractivity contribution in [2.75, 3.05) is 69.6 Å². The number of anilines is 2. The van der Waals surface area contributed by atoms with Gasteiger partial charge in [0.05, 0.1) is 16.7 Å². The van der Waals surface area contributed by atoms with E-state index in [9.17, 15) is 14.9 Å². The number of allylic oxidation sites excluding steroid dienone is 1. The van der Waals surface area contributed by atoms with E-state index in [1.807, 2.05) is 30.5 Å². The normalized spacial score (nSPS) is 17.8. The highest BCUT2D eigenvalue weighted by molar-refractivity contribution is 7.98. The van der Waals surface area contributed by atoms with Gasteiger partial charge < -0.3 is 24.8 Å². The van der Waals surface area contributed by atoms with E-state index in [1.165, 1.54) is 29.2 Å². The number of aryl methyl sites for hydroxylation is 1. The highest BCUT2D eigenvalue weighted by Crippen LogP contribution is 2.43. The molecule has 0 bridgehead atoms. The molecule has 0 atom stereocenters. The quantitative estimate of drug-likeness (QED) is 0.0599. The zero-order chi connectivity index (χ0) is 41.8. The molecule has 5 aromatic rings. The molecule has 60 heavy (non-hydrogen) atoms. The average Bonchev–Trinajstić information content (AvgIpc) is 3.72. The first-order valence-electron chi connectivity index (χ1n) is 21.1. The number of fused-ring (bicyclic) bond motifs is 1. The monoisotopic (exact) mass is 828 g/mol. The first kappa shape index (κ1) is 41.4. The number of carbonyl (C=O) groups is 1. The van der Waals surface area contributed by atoms with Crippen LogP contribution in [0.2, 0.25) is 0 Å². The summed E-state index contributed by atoms with van der Waals surface area (Å²) < 4.78 is 9.36. The Morgan fingerprint density at radius 3 is 2.55 bits per heavy atom. The molecule has 2 fully saturated rings. The summed E-state index contributed by atoms with van der Waals surface area (Å²) in [5.41, 5.74) is 8.55. The molecule has 2 aliphatic heterocycles. The number of rotatable bonds is 13. The summed E-state index contributed by atoms with van der Waals surface area (Å²) >= 11 is 1.04. The Morgan fingerprint density at radius 2 is 1.78 bits per heavy atom. The lowest BCUT2D eigenvalue weighted by Crippen LogP contribution is -2.47. The molecule has 2 aromatic heterocycles. The van der Waals surface area contributed by atoms with E-state index in [1.54, 1.807) is 30.0 Å². The van der Waals surface area contributed by atoms with Gasteiger partial charge in [0.2, 0.25) is 0 Å². The number of piperidine rings is 1. The molecular weight excluding hydrogens is 773 g/mol. The largest absolute Gasteiger partial charge is 0.455 e. The summed E-state index contributed by atoms with van der Waals surface area (Å²) in [6.07, 6.45) is 9.02. The minimum absolute atomic E-state index is 0.0191. The molecule has 13 heteroatoms. The molecule has 0 saturated carbocycles. The number of nitrogens with one attached hydrogen (secondary N) is 3. The maximum absolute atomic E-state index is 13.9. The molecular formula is C47H56N8O4S. The number of hydrogen-bond acceptors (Lipinski definition) is 10. The van der Waals surface area contributed by atoms with Gasteiger partial charge in [0, 0.05) is 73.6 Å². The Kier molecular flexibility index (Phi) is 12.5. The van der Waals surface area contributed by atoms with Crippen LogP contribution in [0.5, 0.6) is 11.5 Å². The van der Waals surface area contributed by atoms with E-state index in [0.29, 0.717) is 45.5 Å². The highest BCUT2D eigenvalue weighted by atomic mass is 32.2. The lowest BCUT2D eigenvalue weighted by molar-refractivity contribution is -0.384. The summed E-state index contributed by atoms with van der Waals surface area (Å²) in [4.78, 5) is 41.0. The smallest absolute Gasteiger partial charge is 0.293 e. The predicted octanol–water partition coefficient (Wildman–Crippen LogP) is 9.55. The van der Waals surface area contributed by atoms with Gasteiger partial charge in [-0.25, -0.2) is 4.98 Å². The molecule has 0 radical (unpaired) electrons. The fourth-order valence-electron chi connectivity index (χ4n) is 8.64. The van der Waals surface area contributed by atoms with Crippen LogP contribution in [0.4, 0.5) is 17.1 Å². The maximum Gasteiger partial charge on any atom is 0.293 e. The Hall–Kier alpha value is -5.37. The van der Waals surface area contributed by atoms with Crippen molar-refractivity contribution in [3.8, 4) is 11.5 Å². The number of aromatic amines is 1. The van der Waals surface area contributed by atoms with Gasteiger partial charge in [-0.15, -0.1) is 0 Å². The third-order valence-corrected chi connectivity index (χ3v) is 13.2. The van der Waals surface area contributed by atoms with Gasteiger partial charge in [0.15, 0.2) is 0 Å². The number of nitro benzene ring substituents is 1. The van der Waals surface area contributed by atoms with E-state index in [-0.39, 0.29) is 16.5 Å². The first-order valence-corrected chi connectivity index (χ1v) is 22.0. The standard InChI is InChI=1S/C47H56N8O4S/c1-32-5-7-34(8-6-32)41-28-47(2,3)17-13-36(41)31-53-21-23-54(24-22-53)37-9-11-40(44(26-37)59-38-25-35-14-18-48-45(35)50-30-38)46(56)51-60-39-10-12-42(43(27-39)55(57)58)49-29-33-15-19-52(4)20-16-33/h5-12,14,18,25-27,30,33,49H,13,15-17,19-24,28-29,31H2,1-4H3,(H,48,50)(H,51,56). The van der Waals surface area contributed by atoms with Crippen LogP contribution >= 0.6 is 11.9 Å². The maximum atomic E-state index is 13.9. The molecule has 2 saturated heterocycles. The lowest BCUT2D eigenvalue weighted by Gasteiger charge is -2.39. The molecule has 314 valence electrons. The number of pyridine rings is 1. The van der Waals surface area contributed by atoms with Crippen LogP contribution in [0.3, 0.4) is 0 Å². The van der Waals surface area contributed by atoms with E-state index >= 15 is 0 Å². The second kappa shape index (κ2) is 18.1. The molecule has 12 nitrogen and oxygen atoms in total. The summed E-state index contributed by atoms with van der Waals surface area (Å²) in [5, 5.41) is 16.3. The van der Waals surface area contributed by atoms with Crippen molar-refractivity contribution in [3.05, 3.63) is 118 Å². The molecule has 8 rings (SSSR count). The topological polar surface area (TPSA) is 132 Å². The van der Waals surface area contributed by atoms with Gasteiger partial charge in [0.1, 0.15) is 22.8 Å². The molecule has 3 aromatic carbocycles. The summed E-state index contributed by atoms with van der Waals surface area (Å²) in [7, 11) is 2.12. The number of nitro groups is 1. The molecule has 1 aliphatic carbocycles. The van der Waals surface area contributed by atoms with Crippen molar-refractivity contribution >= 4 is 51.5 Å². The molecule has 3 aliphatic rings. The molecule has 0 spiro atoms. The number of hydrogen-bond donors (Lipinski definition) is 3. The lowest BCUT2D eigenvalue weighted by atomic mass is 9.72. The van der Waals surface area contributed by atoms with Crippen LogP contribution in [-0.2, 0) is 0 Å². The molecule has 1 amide bonds. The zero-order valence-electron chi connectivity index (χ0n) is 35.1. The summed E-state index contributed by atoms with van der Waals surface area (Å²) in [6, 6.07) is 23.6. The van der Waals surface area contributed by atoms with E-state index in [4.69, 9.17) is 4.74 Å². The van der Waals surface area contributed by atoms with Crippen molar-refractivity contribution in [2.24, 2.45) is 11.3 Å². The van der Waals surface area contributed by atoms with E-state index < -0.39 is 0 Å². The van der Waals surface area contributed by atoms with Gasteiger partial charge in [-0.1, -0.05) is 49.2 Å². The van der Waals surface area contributed by atoms with Gasteiger partial charge in [-0.2, -0.15) is 0 Å². The van der Waals surface area contributed by atoms with Crippen LogP contribution in [0.25, 0.3) is 16.6 Å². The number of nitrogens with zero attached hydrogens (tertiary/aromatic N) is 5. The number of aromatic nitrogens is 2. The number of ether oxygens (including phenoxy) is 1. The number of piperazine rings is 1. The van der Waals surface area contributed by atoms with E-state index in [2.05, 4.69) is 86.8 Å². The van der Waals surface area contributed by atoms with Crippen LogP contribution in [-0.4, -0.2) is 90.0 Å². The SMILES string of the molecule is Cc1ccc(C2=C(CN3CCN(c4ccc(C(=O)NSc5ccc(NCC6CCN(C)CC6)c([N+](=O)[O-])c5)c(Oc5cnc6[nH]ccc6c5)c4)CC3)CCC(C)(C)C2)cc1. The van der Waals surface area contributed by atoms with Crippen molar-refractivity contribution in [1.82, 2.24) is 24.5 Å². The van der Waals surface area contributed by atoms with Gasteiger partial charge in [-0.05, 0) is 130 Å². The van der Waals surface area contributed by atoms with Crippen LogP contribution in [0, 0.1) is 28.4 Å². The summed E-state index contributed by atoms with van der Waals surface area (Å²) in [5.74, 6) is 1.01. The number of benzene rings is 3. The Balaban J connectivity index is 0.961. The van der Waals surface area contributed by atoms with Crippen LogP contribution in [0.15, 0.2) is 95.7 Å². The minimum atomic E-state index is -0.376. The number of likely N-dealkylation sites (tertiary alicyclic amines) is 1. The average molecular weight is 829 g/mol. The van der Waals surface area contributed by atoms with Gasteiger partial charge in [0.25, 0.3) is 11.6 Å². The number of amides is 1. The predicted molar refractivity (Wildman–Crippen MR) is 242 cm³/mol. The fraction of sp³-hybridized carbons (Fsp3) is 0.404. The second-order valence-electron chi connectivity index (χ2n) is 17.5. The van der Waals surface area contributed by atoms with E-state index in [0.717, 1.165) is 100 Å². The van der Waals surface area contributed by atoms with Crippen LogP contribution < -0.4 is 19.7 Å². The Morgan fingerprint density at radius 1 is 1.00 bits per heavy atom. The van der Waals surface area contributed by atoms with Gasteiger partial charge in [-0.3, -0.25) is 24.5 Å². The number of H-pyrrole nitrogens is 1. The van der Waals surface area contributed by atoms with Crippen molar-refractivity contribution in [1.29, 1.82) is 0 Å². The van der Waals surface area contributed by atoms with Crippen molar-refractivity contribution in [3.63, 3.8) is 0 Å². The zero-order valence-corrected chi connectivity index (χ0v) is 35.9. The third-order valence-electron chi connectivity index (χ3n) is 12.4. The first-order chi connectivity index (χ1) is 29.0. The second-order valence-corrected chi connectivity index (χ2v) is 18.4. The Bertz CT molecular complexity index is 2360. The Labute approximate surface area is 357 Å². The number of carbonyl (C=O) groups excluding carboxylic acids is 1. The summed E-state index contributed by atoms with van der Waals surface area (Å²) in [6.45, 7) is 14.2. The molecule has 4 heterocycles. The molecule has 3 N–H and O–H groups in total. The van der Waals surface area contributed by atoms with Crippen molar-refractivity contribution < 1.29 is 14.5 Å². The minimum Gasteiger partial charge on any atom is -0.455 e.